The van der Waals surface area contributed by atoms with Crippen molar-refractivity contribution in [1.29, 1.82) is 0 Å². The molecule has 0 saturated heterocycles. The number of hydrogen-bond donors (Lipinski definition) is 2. The molecule has 2 aromatic carbocycles. The molecule has 0 saturated carbocycles. The van der Waals surface area contributed by atoms with Crippen molar-refractivity contribution in [1.82, 2.24) is 5.32 Å². The average molecular weight is 327 g/mol. The summed E-state index contributed by atoms with van der Waals surface area (Å²) in [5, 5.41) is 2.06. The predicted octanol–water partition coefficient (Wildman–Crippen LogP) is 3.37. The summed E-state index contributed by atoms with van der Waals surface area (Å²) in [5.74, 6) is 0.00941. The number of fused-ring (bicyclic) bond motifs is 3. The van der Waals surface area contributed by atoms with Gasteiger partial charge in [-0.3, -0.25) is 4.79 Å². The minimum atomic E-state index is -0.672. The molecule has 0 fully saturated rings. The quantitative estimate of drug-likeness (QED) is 0.847. The highest BCUT2D eigenvalue weighted by Crippen LogP contribution is 2.44. The highest BCUT2D eigenvalue weighted by atomic mass is 32.1. The Morgan fingerprint density at radius 3 is 2.13 bits per heavy atom. The van der Waals surface area contributed by atoms with E-state index in [1.165, 1.54) is 11.1 Å². The number of alkyl carbamates (subject to hydrolysis) is 1. The van der Waals surface area contributed by atoms with Crippen LogP contribution in [0.5, 0.6) is 0 Å². The van der Waals surface area contributed by atoms with Crippen molar-refractivity contribution in [3.05, 3.63) is 59.7 Å². The number of rotatable bonds is 4. The van der Waals surface area contributed by atoms with E-state index in [0.717, 1.165) is 11.1 Å². The van der Waals surface area contributed by atoms with Crippen LogP contribution in [0.1, 0.15) is 24.0 Å². The first-order valence-corrected chi connectivity index (χ1v) is 7.87. The molecule has 0 spiro atoms. The molecule has 118 valence electrons. The van der Waals surface area contributed by atoms with Gasteiger partial charge in [-0.2, -0.15) is 0 Å². The van der Waals surface area contributed by atoms with Crippen molar-refractivity contribution in [2.24, 2.45) is 0 Å². The van der Waals surface area contributed by atoms with Gasteiger partial charge in [-0.15, -0.1) is 12.6 Å². The summed E-state index contributed by atoms with van der Waals surface area (Å²) in [5.41, 5.74) is 4.66. The SMILES string of the molecule is CC(NC(=O)OCC1c2ccccc2-c2ccccc21)C(=O)S. The monoisotopic (exact) mass is 327 g/mol. The molecular weight excluding hydrogens is 310 g/mol. The number of benzene rings is 2. The zero-order valence-corrected chi connectivity index (χ0v) is 13.5. The average Bonchev–Trinajstić information content (AvgIpc) is 2.87. The minimum Gasteiger partial charge on any atom is -0.449 e. The van der Waals surface area contributed by atoms with Crippen molar-refractivity contribution in [3.63, 3.8) is 0 Å². The smallest absolute Gasteiger partial charge is 0.407 e. The Morgan fingerprint density at radius 1 is 1.09 bits per heavy atom. The zero-order chi connectivity index (χ0) is 16.4. The molecule has 1 aliphatic rings. The van der Waals surface area contributed by atoms with E-state index in [1.807, 2.05) is 24.3 Å². The number of amides is 1. The van der Waals surface area contributed by atoms with Crippen LogP contribution in [0.3, 0.4) is 0 Å². The van der Waals surface area contributed by atoms with Crippen LogP contribution in [0.2, 0.25) is 0 Å². The Balaban J connectivity index is 1.76. The van der Waals surface area contributed by atoms with Crippen LogP contribution >= 0.6 is 12.6 Å². The van der Waals surface area contributed by atoms with Crippen molar-refractivity contribution >= 4 is 23.8 Å². The molecule has 4 nitrogen and oxygen atoms in total. The number of thiol groups is 1. The van der Waals surface area contributed by atoms with Crippen LogP contribution in [-0.2, 0) is 9.53 Å². The summed E-state index contributed by atoms with van der Waals surface area (Å²) >= 11 is 3.69. The molecule has 0 radical (unpaired) electrons. The molecule has 1 aliphatic carbocycles. The van der Waals surface area contributed by atoms with Crippen LogP contribution in [0, 0.1) is 0 Å². The Bertz CT molecular complexity index is 714. The van der Waals surface area contributed by atoms with Crippen molar-refractivity contribution in [2.45, 2.75) is 18.9 Å². The maximum absolute atomic E-state index is 11.8. The largest absolute Gasteiger partial charge is 0.449 e. The Labute approximate surface area is 140 Å². The van der Waals surface area contributed by atoms with E-state index in [4.69, 9.17) is 4.74 Å². The number of carbonyl (C=O) groups is 2. The molecule has 0 bridgehead atoms. The first-order valence-electron chi connectivity index (χ1n) is 7.42. The van der Waals surface area contributed by atoms with Gasteiger partial charge in [0.05, 0.1) is 6.04 Å². The first-order chi connectivity index (χ1) is 11.1. The number of carbonyl (C=O) groups excluding carboxylic acids is 2. The van der Waals surface area contributed by atoms with Gasteiger partial charge in [0, 0.05) is 5.92 Å². The fourth-order valence-corrected chi connectivity index (χ4v) is 2.94. The summed E-state index contributed by atoms with van der Waals surface area (Å²) in [6, 6.07) is 15.6. The molecule has 1 atom stereocenters. The molecule has 1 N–H and O–H groups in total. The summed E-state index contributed by atoms with van der Waals surface area (Å²) in [7, 11) is 0. The molecule has 1 amide bonds. The molecule has 2 aromatic rings. The van der Waals surface area contributed by atoms with Crippen LogP contribution < -0.4 is 5.32 Å². The van der Waals surface area contributed by atoms with Crippen LogP contribution in [0.25, 0.3) is 11.1 Å². The number of nitrogens with one attached hydrogen (secondary N) is 1. The van der Waals surface area contributed by atoms with Gasteiger partial charge < -0.3 is 10.1 Å². The third-order valence-electron chi connectivity index (χ3n) is 4.05. The van der Waals surface area contributed by atoms with Gasteiger partial charge in [0.2, 0.25) is 5.12 Å². The third kappa shape index (κ3) is 3.10. The predicted molar refractivity (Wildman–Crippen MR) is 91.7 cm³/mol. The van der Waals surface area contributed by atoms with E-state index in [1.54, 1.807) is 6.92 Å². The van der Waals surface area contributed by atoms with Gasteiger partial charge in [0.15, 0.2) is 0 Å². The molecule has 0 aliphatic heterocycles. The van der Waals surface area contributed by atoms with Crippen molar-refractivity contribution in [2.75, 3.05) is 6.61 Å². The molecule has 5 heteroatoms. The Kier molecular flexibility index (Phi) is 4.39. The van der Waals surface area contributed by atoms with E-state index >= 15 is 0 Å². The fourth-order valence-electron chi connectivity index (χ4n) is 2.88. The lowest BCUT2D eigenvalue weighted by molar-refractivity contribution is -0.112. The van der Waals surface area contributed by atoms with Gasteiger partial charge in [0.1, 0.15) is 6.61 Å². The highest BCUT2D eigenvalue weighted by Gasteiger charge is 2.29. The lowest BCUT2D eigenvalue weighted by Crippen LogP contribution is -2.37. The summed E-state index contributed by atoms with van der Waals surface area (Å²) in [6.07, 6.45) is -0.609. The Morgan fingerprint density at radius 2 is 1.61 bits per heavy atom. The normalized spacial score (nSPS) is 13.8. The Hall–Kier alpha value is -2.27. The molecule has 1 unspecified atom stereocenters. The zero-order valence-electron chi connectivity index (χ0n) is 12.7. The summed E-state index contributed by atoms with van der Waals surface area (Å²) < 4.78 is 5.32. The van der Waals surface area contributed by atoms with Gasteiger partial charge in [0.25, 0.3) is 0 Å². The first kappa shape index (κ1) is 15.6. The standard InChI is InChI=1S/C18H17NO3S/c1-11(17(20)23)19-18(21)22-10-16-14-8-4-2-6-12(14)13-7-3-5-9-15(13)16/h2-9,11,16H,10H2,1H3,(H,19,21)(H,20,23). The molecule has 3 rings (SSSR count). The van der Waals surface area contributed by atoms with Gasteiger partial charge in [-0.1, -0.05) is 48.5 Å². The lowest BCUT2D eigenvalue weighted by atomic mass is 9.98. The summed E-state index contributed by atoms with van der Waals surface area (Å²) in [6.45, 7) is 1.80. The van der Waals surface area contributed by atoms with Gasteiger partial charge >= 0.3 is 6.09 Å². The number of hydrogen-bond acceptors (Lipinski definition) is 3. The van der Waals surface area contributed by atoms with E-state index < -0.39 is 17.3 Å². The third-order valence-corrected chi connectivity index (χ3v) is 4.44. The summed E-state index contributed by atoms with van der Waals surface area (Å²) in [4.78, 5) is 22.9. The van der Waals surface area contributed by atoms with Crippen LogP contribution in [0.4, 0.5) is 4.79 Å². The maximum atomic E-state index is 11.8. The van der Waals surface area contributed by atoms with Gasteiger partial charge in [-0.05, 0) is 29.2 Å². The fraction of sp³-hybridized carbons (Fsp3) is 0.222. The highest BCUT2D eigenvalue weighted by molar-refractivity contribution is 7.96. The van der Waals surface area contributed by atoms with Crippen LogP contribution in [-0.4, -0.2) is 23.9 Å². The maximum Gasteiger partial charge on any atom is 0.407 e. The second-order valence-corrected chi connectivity index (χ2v) is 5.97. The van der Waals surface area contributed by atoms with Crippen LogP contribution in [0.15, 0.2) is 48.5 Å². The number of ether oxygens (including phenoxy) is 1. The second kappa shape index (κ2) is 6.46. The van der Waals surface area contributed by atoms with E-state index in [2.05, 4.69) is 42.2 Å². The molecule has 0 heterocycles. The van der Waals surface area contributed by atoms with E-state index in [0.29, 0.717) is 0 Å². The topological polar surface area (TPSA) is 55.4 Å². The second-order valence-electron chi connectivity index (χ2n) is 5.53. The van der Waals surface area contributed by atoms with Gasteiger partial charge in [-0.25, -0.2) is 4.79 Å². The lowest BCUT2D eigenvalue weighted by Gasteiger charge is -2.15. The van der Waals surface area contributed by atoms with Crippen molar-refractivity contribution < 1.29 is 14.3 Å². The van der Waals surface area contributed by atoms with E-state index in [9.17, 15) is 9.59 Å². The molecule has 23 heavy (non-hydrogen) atoms. The molecule has 0 aromatic heterocycles. The van der Waals surface area contributed by atoms with Crippen molar-refractivity contribution in [3.8, 4) is 11.1 Å². The minimum absolute atomic E-state index is 0.00941. The van der Waals surface area contributed by atoms with E-state index in [-0.39, 0.29) is 12.5 Å². The molecular formula is C18H17NO3S.